The molecule has 0 aliphatic heterocycles. The maximum absolute atomic E-state index is 13.3. The smallest absolute Gasteiger partial charge is 0.241 e. The summed E-state index contributed by atoms with van der Waals surface area (Å²) in [5, 5.41) is 2.85. The number of benzene rings is 3. The van der Waals surface area contributed by atoms with Gasteiger partial charge in [0.05, 0.1) is 17.5 Å². The number of nitrogens with one attached hydrogen (secondary N) is 2. The third-order valence-corrected chi connectivity index (χ3v) is 5.50. The fourth-order valence-electron chi connectivity index (χ4n) is 2.74. The molecule has 0 atom stereocenters. The van der Waals surface area contributed by atoms with Crippen molar-refractivity contribution in [2.75, 3.05) is 6.54 Å². The molecule has 3 aromatic carbocycles. The SMILES string of the molecule is O=C(CNS(=O)(=O)c1cccc(F)c1)NC(c1ccccc1)c1ccccc1. The van der Waals surface area contributed by atoms with Crippen molar-refractivity contribution in [1.29, 1.82) is 0 Å². The molecule has 2 N–H and O–H groups in total. The zero-order chi connectivity index (χ0) is 20.0. The van der Waals surface area contributed by atoms with Crippen molar-refractivity contribution in [3.05, 3.63) is 102 Å². The Morgan fingerprint density at radius 1 is 0.857 bits per heavy atom. The molecule has 1 amide bonds. The first kappa shape index (κ1) is 19.7. The Hall–Kier alpha value is -3.03. The van der Waals surface area contributed by atoms with Gasteiger partial charge in [-0.25, -0.2) is 17.5 Å². The minimum absolute atomic E-state index is 0.233. The number of halogens is 1. The summed E-state index contributed by atoms with van der Waals surface area (Å²) < 4.78 is 40.0. The number of hydrogen-bond donors (Lipinski definition) is 2. The van der Waals surface area contributed by atoms with Crippen LogP contribution in [0, 0.1) is 5.82 Å². The van der Waals surface area contributed by atoms with E-state index in [1.807, 2.05) is 60.7 Å². The van der Waals surface area contributed by atoms with Gasteiger partial charge in [-0.1, -0.05) is 66.7 Å². The molecule has 0 aliphatic carbocycles. The molecule has 5 nitrogen and oxygen atoms in total. The van der Waals surface area contributed by atoms with Crippen molar-refractivity contribution < 1.29 is 17.6 Å². The van der Waals surface area contributed by atoms with E-state index >= 15 is 0 Å². The molecule has 0 unspecified atom stereocenters. The van der Waals surface area contributed by atoms with Crippen LogP contribution in [0.3, 0.4) is 0 Å². The van der Waals surface area contributed by atoms with Gasteiger partial charge in [-0.05, 0) is 29.3 Å². The Bertz CT molecular complexity index is 1000. The van der Waals surface area contributed by atoms with Crippen molar-refractivity contribution in [3.8, 4) is 0 Å². The lowest BCUT2D eigenvalue weighted by molar-refractivity contribution is -0.120. The lowest BCUT2D eigenvalue weighted by Crippen LogP contribution is -2.39. The fourth-order valence-corrected chi connectivity index (χ4v) is 3.75. The Morgan fingerprint density at radius 2 is 1.43 bits per heavy atom. The van der Waals surface area contributed by atoms with Crippen LogP contribution in [0.5, 0.6) is 0 Å². The van der Waals surface area contributed by atoms with Gasteiger partial charge in [-0.3, -0.25) is 4.79 Å². The zero-order valence-electron chi connectivity index (χ0n) is 14.9. The van der Waals surface area contributed by atoms with Crippen LogP contribution >= 0.6 is 0 Å². The van der Waals surface area contributed by atoms with E-state index in [2.05, 4.69) is 10.0 Å². The van der Waals surface area contributed by atoms with Crippen LogP contribution in [-0.2, 0) is 14.8 Å². The Kier molecular flexibility index (Phi) is 6.18. The van der Waals surface area contributed by atoms with Gasteiger partial charge >= 0.3 is 0 Å². The van der Waals surface area contributed by atoms with Crippen LogP contribution in [0.1, 0.15) is 17.2 Å². The summed E-state index contributed by atoms with van der Waals surface area (Å²) in [7, 11) is -3.99. The van der Waals surface area contributed by atoms with Crippen LogP contribution in [0.4, 0.5) is 4.39 Å². The second-order valence-electron chi connectivity index (χ2n) is 6.10. The molecule has 0 bridgehead atoms. The lowest BCUT2D eigenvalue weighted by atomic mass is 9.99. The van der Waals surface area contributed by atoms with Gasteiger partial charge in [-0.15, -0.1) is 0 Å². The summed E-state index contributed by atoms with van der Waals surface area (Å²) in [6.07, 6.45) is 0. The van der Waals surface area contributed by atoms with Gasteiger partial charge in [0.2, 0.25) is 15.9 Å². The average molecular weight is 398 g/mol. The number of carbonyl (C=O) groups excluding carboxylic acids is 1. The van der Waals surface area contributed by atoms with E-state index in [1.54, 1.807) is 0 Å². The average Bonchev–Trinajstić information content (AvgIpc) is 2.72. The number of carbonyl (C=O) groups is 1. The van der Waals surface area contributed by atoms with Crippen molar-refractivity contribution in [1.82, 2.24) is 10.0 Å². The zero-order valence-corrected chi connectivity index (χ0v) is 15.7. The summed E-state index contributed by atoms with van der Waals surface area (Å²) >= 11 is 0. The molecule has 28 heavy (non-hydrogen) atoms. The molecule has 7 heteroatoms. The second-order valence-corrected chi connectivity index (χ2v) is 7.87. The van der Waals surface area contributed by atoms with E-state index in [0.717, 1.165) is 23.3 Å². The standard InChI is InChI=1S/C21H19FN2O3S/c22-18-12-7-13-19(14-18)28(26,27)23-15-20(25)24-21(16-8-3-1-4-9-16)17-10-5-2-6-11-17/h1-14,21,23H,15H2,(H,24,25). The van der Waals surface area contributed by atoms with E-state index in [-0.39, 0.29) is 4.90 Å². The Balaban J connectivity index is 1.72. The molecule has 3 rings (SSSR count). The number of rotatable bonds is 7. The minimum Gasteiger partial charge on any atom is -0.344 e. The largest absolute Gasteiger partial charge is 0.344 e. The Morgan fingerprint density at radius 3 is 1.96 bits per heavy atom. The molecule has 0 saturated carbocycles. The number of amides is 1. The molecule has 0 aromatic heterocycles. The third kappa shape index (κ3) is 5.03. The summed E-state index contributed by atoms with van der Waals surface area (Å²) in [4.78, 5) is 12.2. The molecule has 0 fully saturated rings. The predicted molar refractivity (Wildman–Crippen MR) is 104 cm³/mol. The highest BCUT2D eigenvalue weighted by Crippen LogP contribution is 2.21. The molecule has 0 saturated heterocycles. The molecule has 3 aromatic rings. The van der Waals surface area contributed by atoms with E-state index in [1.165, 1.54) is 12.1 Å². The maximum atomic E-state index is 13.3. The van der Waals surface area contributed by atoms with E-state index in [9.17, 15) is 17.6 Å². The first-order valence-electron chi connectivity index (χ1n) is 8.60. The van der Waals surface area contributed by atoms with Crippen molar-refractivity contribution in [3.63, 3.8) is 0 Å². The molecule has 0 aliphatic rings. The summed E-state index contributed by atoms with van der Waals surface area (Å²) in [6, 6.07) is 22.9. The van der Waals surface area contributed by atoms with Gasteiger partial charge < -0.3 is 5.32 Å². The summed E-state index contributed by atoms with van der Waals surface area (Å²) in [6.45, 7) is -0.463. The van der Waals surface area contributed by atoms with Gasteiger partial charge in [0, 0.05) is 0 Å². The van der Waals surface area contributed by atoms with E-state index in [0.29, 0.717) is 0 Å². The van der Waals surface area contributed by atoms with Crippen molar-refractivity contribution in [2.24, 2.45) is 0 Å². The highest BCUT2D eigenvalue weighted by atomic mass is 32.2. The molecule has 0 heterocycles. The first-order valence-corrected chi connectivity index (χ1v) is 10.1. The second kappa shape index (κ2) is 8.77. The van der Waals surface area contributed by atoms with Gasteiger partial charge in [0.15, 0.2) is 0 Å². The maximum Gasteiger partial charge on any atom is 0.241 e. The predicted octanol–water partition coefficient (Wildman–Crippen LogP) is 3.01. The fraction of sp³-hybridized carbons (Fsp3) is 0.0952. The first-order chi connectivity index (χ1) is 13.5. The molecule has 0 spiro atoms. The third-order valence-electron chi connectivity index (χ3n) is 4.10. The highest BCUT2D eigenvalue weighted by molar-refractivity contribution is 7.89. The van der Waals surface area contributed by atoms with Crippen LogP contribution < -0.4 is 10.0 Å². The molecular weight excluding hydrogens is 379 g/mol. The summed E-state index contributed by atoms with van der Waals surface area (Å²) in [5.74, 6) is -1.17. The van der Waals surface area contributed by atoms with Gasteiger partial charge in [-0.2, -0.15) is 0 Å². The topological polar surface area (TPSA) is 75.3 Å². The number of sulfonamides is 1. The van der Waals surface area contributed by atoms with Crippen LogP contribution in [-0.4, -0.2) is 20.9 Å². The van der Waals surface area contributed by atoms with Crippen LogP contribution in [0.2, 0.25) is 0 Å². The quantitative estimate of drug-likeness (QED) is 0.642. The van der Waals surface area contributed by atoms with Gasteiger partial charge in [0.1, 0.15) is 5.82 Å². The van der Waals surface area contributed by atoms with Gasteiger partial charge in [0.25, 0.3) is 0 Å². The lowest BCUT2D eigenvalue weighted by Gasteiger charge is -2.20. The van der Waals surface area contributed by atoms with Crippen LogP contribution in [0.15, 0.2) is 89.8 Å². The monoisotopic (exact) mass is 398 g/mol. The van der Waals surface area contributed by atoms with Crippen molar-refractivity contribution >= 4 is 15.9 Å². The minimum atomic E-state index is -3.99. The highest BCUT2D eigenvalue weighted by Gasteiger charge is 2.19. The van der Waals surface area contributed by atoms with E-state index < -0.39 is 34.3 Å². The molecule has 0 radical (unpaired) electrons. The van der Waals surface area contributed by atoms with Crippen LogP contribution in [0.25, 0.3) is 0 Å². The van der Waals surface area contributed by atoms with E-state index in [4.69, 9.17) is 0 Å². The van der Waals surface area contributed by atoms with Crippen molar-refractivity contribution in [2.45, 2.75) is 10.9 Å². The normalized spacial score (nSPS) is 11.4. The molecular formula is C21H19FN2O3S. The molecule has 144 valence electrons. The Labute approximate surface area is 163 Å². The summed E-state index contributed by atoms with van der Waals surface area (Å²) in [5.41, 5.74) is 1.74. The number of hydrogen-bond acceptors (Lipinski definition) is 3.